The van der Waals surface area contributed by atoms with Crippen LogP contribution in [0.2, 0.25) is 0 Å². The quantitative estimate of drug-likeness (QED) is 0.790. The zero-order valence-corrected chi connectivity index (χ0v) is 10.7. The van der Waals surface area contributed by atoms with Gasteiger partial charge in [0.25, 0.3) is 0 Å². The molecule has 92 valence electrons. The van der Waals surface area contributed by atoms with E-state index >= 15 is 0 Å². The van der Waals surface area contributed by atoms with Gasteiger partial charge in [-0.1, -0.05) is 26.7 Å². The minimum atomic E-state index is 0.579. The van der Waals surface area contributed by atoms with Crippen molar-refractivity contribution in [1.29, 1.82) is 0 Å². The molecular weight excluding hydrogens is 210 g/mol. The lowest BCUT2D eigenvalue weighted by Gasteiger charge is -2.17. The third kappa shape index (κ3) is 2.99. The number of nitrogens with one attached hydrogen (secondary N) is 2. The van der Waals surface area contributed by atoms with Gasteiger partial charge in [0.2, 0.25) is 0 Å². The van der Waals surface area contributed by atoms with Crippen LogP contribution in [0.1, 0.15) is 39.5 Å². The van der Waals surface area contributed by atoms with Gasteiger partial charge in [0.1, 0.15) is 0 Å². The zero-order valence-electron chi connectivity index (χ0n) is 10.7. The second-order valence-corrected chi connectivity index (χ2v) is 4.56. The highest BCUT2D eigenvalue weighted by Crippen LogP contribution is 2.19. The second-order valence-electron chi connectivity index (χ2n) is 4.56. The third-order valence-corrected chi connectivity index (χ3v) is 3.21. The topological polar surface area (TPSA) is 40.7 Å². The van der Waals surface area contributed by atoms with Crippen molar-refractivity contribution in [2.24, 2.45) is 0 Å². The lowest BCUT2D eigenvalue weighted by molar-refractivity contribution is 0.593. The first-order valence-corrected chi connectivity index (χ1v) is 6.53. The molecule has 0 saturated heterocycles. The highest BCUT2D eigenvalue weighted by Gasteiger charge is 2.06. The molecule has 0 aliphatic rings. The summed E-state index contributed by atoms with van der Waals surface area (Å²) < 4.78 is 0. The molecule has 0 aliphatic carbocycles. The molecule has 3 heteroatoms. The largest absolute Gasteiger partial charge is 0.382 e. The molecule has 2 rings (SSSR count). The fourth-order valence-electron chi connectivity index (χ4n) is 2.09. The summed E-state index contributed by atoms with van der Waals surface area (Å²) in [5.74, 6) is 0. The van der Waals surface area contributed by atoms with E-state index in [1.54, 1.807) is 0 Å². The van der Waals surface area contributed by atoms with E-state index in [2.05, 4.69) is 47.6 Å². The maximum Gasteiger partial charge on any atom is 0.0670 e. The van der Waals surface area contributed by atoms with Crippen molar-refractivity contribution < 1.29 is 0 Å². The Morgan fingerprint density at radius 2 is 2.24 bits per heavy atom. The standard InChI is InChI=1S/C14H21N3/c1-3-5-6-12(4-2)16-13-8-7-11-10-15-17-14(11)9-13/h7-10,12,16H,3-6H2,1-2H3,(H,15,17). The number of nitrogens with zero attached hydrogens (tertiary/aromatic N) is 1. The average Bonchev–Trinajstić information content (AvgIpc) is 2.81. The molecule has 0 aliphatic heterocycles. The van der Waals surface area contributed by atoms with Gasteiger partial charge in [-0.05, 0) is 31.0 Å². The fraction of sp³-hybridized carbons (Fsp3) is 0.500. The molecule has 0 saturated carbocycles. The highest BCUT2D eigenvalue weighted by molar-refractivity contribution is 5.81. The van der Waals surface area contributed by atoms with Crippen molar-refractivity contribution in [1.82, 2.24) is 10.2 Å². The van der Waals surface area contributed by atoms with Crippen LogP contribution in [0.5, 0.6) is 0 Å². The van der Waals surface area contributed by atoms with Crippen LogP contribution in [0.15, 0.2) is 24.4 Å². The third-order valence-electron chi connectivity index (χ3n) is 3.21. The van der Waals surface area contributed by atoms with Crippen molar-refractivity contribution in [3.63, 3.8) is 0 Å². The average molecular weight is 231 g/mol. The summed E-state index contributed by atoms with van der Waals surface area (Å²) >= 11 is 0. The van der Waals surface area contributed by atoms with Gasteiger partial charge in [-0.25, -0.2) is 0 Å². The minimum absolute atomic E-state index is 0.579. The van der Waals surface area contributed by atoms with Crippen molar-refractivity contribution in [2.75, 3.05) is 5.32 Å². The Morgan fingerprint density at radius 1 is 1.35 bits per heavy atom. The minimum Gasteiger partial charge on any atom is -0.382 e. The highest BCUT2D eigenvalue weighted by atomic mass is 15.1. The van der Waals surface area contributed by atoms with E-state index in [1.165, 1.54) is 31.4 Å². The van der Waals surface area contributed by atoms with Crippen molar-refractivity contribution in [2.45, 2.75) is 45.6 Å². The molecule has 1 aromatic carbocycles. The van der Waals surface area contributed by atoms with Crippen LogP contribution >= 0.6 is 0 Å². The number of H-pyrrole nitrogens is 1. The first kappa shape index (κ1) is 12.0. The summed E-state index contributed by atoms with van der Waals surface area (Å²) in [5.41, 5.74) is 2.28. The smallest absolute Gasteiger partial charge is 0.0670 e. The molecule has 0 bridgehead atoms. The maximum absolute atomic E-state index is 4.04. The Morgan fingerprint density at radius 3 is 3.00 bits per heavy atom. The molecule has 0 fully saturated rings. The SMILES string of the molecule is CCCCC(CC)Nc1ccc2cn[nH]c2c1. The summed E-state index contributed by atoms with van der Waals surface area (Å²) in [6.07, 6.45) is 6.82. The number of fused-ring (bicyclic) bond motifs is 1. The Balaban J connectivity index is 2.05. The van der Waals surface area contributed by atoms with Gasteiger partial charge in [-0.15, -0.1) is 0 Å². The van der Waals surface area contributed by atoms with Gasteiger partial charge in [0.05, 0.1) is 11.7 Å². The van der Waals surface area contributed by atoms with Crippen LogP contribution in [0.3, 0.4) is 0 Å². The van der Waals surface area contributed by atoms with Crippen LogP contribution < -0.4 is 5.32 Å². The fourth-order valence-corrected chi connectivity index (χ4v) is 2.09. The monoisotopic (exact) mass is 231 g/mol. The molecular formula is C14H21N3. The molecule has 1 unspecified atom stereocenters. The summed E-state index contributed by atoms with van der Waals surface area (Å²) in [7, 11) is 0. The number of rotatable bonds is 6. The molecule has 0 radical (unpaired) electrons. The molecule has 3 nitrogen and oxygen atoms in total. The lowest BCUT2D eigenvalue weighted by Crippen LogP contribution is -2.18. The normalized spacial score (nSPS) is 12.8. The first-order chi connectivity index (χ1) is 8.33. The lowest BCUT2D eigenvalue weighted by atomic mass is 10.1. The first-order valence-electron chi connectivity index (χ1n) is 6.53. The summed E-state index contributed by atoms with van der Waals surface area (Å²) in [5, 5.41) is 11.8. The number of aromatic nitrogens is 2. The number of hydrogen-bond donors (Lipinski definition) is 2. The van der Waals surface area contributed by atoms with E-state index in [4.69, 9.17) is 0 Å². The molecule has 2 aromatic rings. The van der Waals surface area contributed by atoms with Crippen LogP contribution in [0.25, 0.3) is 10.9 Å². The van der Waals surface area contributed by atoms with E-state index in [0.29, 0.717) is 6.04 Å². The maximum atomic E-state index is 4.04. The van der Waals surface area contributed by atoms with E-state index in [0.717, 1.165) is 10.9 Å². The number of anilines is 1. The second kappa shape index (κ2) is 5.71. The van der Waals surface area contributed by atoms with E-state index in [1.807, 2.05) is 6.20 Å². The summed E-state index contributed by atoms with van der Waals surface area (Å²) in [4.78, 5) is 0. The Hall–Kier alpha value is -1.51. The Kier molecular flexibility index (Phi) is 4.02. The molecule has 0 amide bonds. The molecule has 17 heavy (non-hydrogen) atoms. The predicted molar refractivity (Wildman–Crippen MR) is 73.3 cm³/mol. The van der Waals surface area contributed by atoms with Gasteiger partial charge < -0.3 is 5.32 Å². The number of unbranched alkanes of at least 4 members (excludes halogenated alkanes) is 1. The number of hydrogen-bond acceptors (Lipinski definition) is 2. The van der Waals surface area contributed by atoms with Gasteiger partial charge >= 0.3 is 0 Å². The van der Waals surface area contributed by atoms with E-state index in [-0.39, 0.29) is 0 Å². The number of benzene rings is 1. The predicted octanol–water partition coefficient (Wildman–Crippen LogP) is 3.94. The molecule has 1 atom stereocenters. The van der Waals surface area contributed by atoms with Crippen LogP contribution in [0.4, 0.5) is 5.69 Å². The summed E-state index contributed by atoms with van der Waals surface area (Å²) in [6.45, 7) is 4.48. The van der Waals surface area contributed by atoms with Gasteiger partial charge in [-0.3, -0.25) is 5.10 Å². The van der Waals surface area contributed by atoms with E-state index < -0.39 is 0 Å². The molecule has 1 heterocycles. The molecule has 1 aromatic heterocycles. The Labute approximate surface area is 103 Å². The number of aromatic amines is 1. The van der Waals surface area contributed by atoms with Crippen LogP contribution in [-0.2, 0) is 0 Å². The van der Waals surface area contributed by atoms with E-state index in [9.17, 15) is 0 Å². The Bertz CT molecular complexity index is 461. The van der Waals surface area contributed by atoms with Gasteiger partial charge in [-0.2, -0.15) is 5.10 Å². The van der Waals surface area contributed by atoms with Crippen LogP contribution in [0, 0.1) is 0 Å². The van der Waals surface area contributed by atoms with Crippen molar-refractivity contribution >= 4 is 16.6 Å². The van der Waals surface area contributed by atoms with Crippen LogP contribution in [-0.4, -0.2) is 16.2 Å². The van der Waals surface area contributed by atoms with Crippen molar-refractivity contribution in [3.05, 3.63) is 24.4 Å². The van der Waals surface area contributed by atoms with Gasteiger partial charge in [0.15, 0.2) is 0 Å². The summed E-state index contributed by atoms with van der Waals surface area (Å²) in [6, 6.07) is 6.95. The van der Waals surface area contributed by atoms with Gasteiger partial charge in [0, 0.05) is 17.1 Å². The van der Waals surface area contributed by atoms with Crippen molar-refractivity contribution in [3.8, 4) is 0 Å². The zero-order chi connectivity index (χ0) is 12.1. The molecule has 0 spiro atoms. The molecule has 2 N–H and O–H groups in total.